The highest BCUT2D eigenvalue weighted by Gasteiger charge is 2.36. The highest BCUT2D eigenvalue weighted by Crippen LogP contribution is 2.29. The molecular weight excluding hydrogens is 350 g/mol. The van der Waals surface area contributed by atoms with E-state index in [4.69, 9.17) is 4.74 Å². The number of nitrogens with zero attached hydrogens (tertiary/aromatic N) is 1. The maximum absolute atomic E-state index is 12.5. The minimum Gasteiger partial charge on any atom is -0.376 e. The molecule has 3 atom stereocenters. The molecule has 7 heteroatoms. The van der Waals surface area contributed by atoms with Crippen molar-refractivity contribution >= 4 is 23.2 Å². The van der Waals surface area contributed by atoms with Gasteiger partial charge in [-0.15, -0.1) is 11.3 Å². The quantitative estimate of drug-likeness (QED) is 0.763. The molecule has 0 saturated heterocycles. The SMILES string of the molecule is CCCO[C@@H]1C[C@@H](C(=O)NC2CCC2)CC[C@H]1NC(=O)c1scnc1C. The van der Waals surface area contributed by atoms with Gasteiger partial charge in [0.15, 0.2) is 0 Å². The first-order chi connectivity index (χ1) is 12.6. The van der Waals surface area contributed by atoms with E-state index in [1.165, 1.54) is 17.8 Å². The highest BCUT2D eigenvalue weighted by molar-refractivity contribution is 7.11. The number of hydrogen-bond acceptors (Lipinski definition) is 5. The summed E-state index contributed by atoms with van der Waals surface area (Å²) in [7, 11) is 0. The van der Waals surface area contributed by atoms with Crippen LogP contribution in [-0.2, 0) is 9.53 Å². The van der Waals surface area contributed by atoms with Gasteiger partial charge in [0.05, 0.1) is 23.4 Å². The fourth-order valence-electron chi connectivity index (χ4n) is 3.61. The van der Waals surface area contributed by atoms with Crippen LogP contribution < -0.4 is 10.6 Å². The third-order valence-electron chi connectivity index (χ3n) is 5.42. The predicted octanol–water partition coefficient (Wildman–Crippen LogP) is 2.81. The second-order valence-corrected chi connectivity index (χ2v) is 8.26. The second kappa shape index (κ2) is 8.95. The number of amides is 2. The van der Waals surface area contributed by atoms with Crippen LogP contribution in [0.25, 0.3) is 0 Å². The number of rotatable bonds is 7. The third kappa shape index (κ3) is 4.62. The van der Waals surface area contributed by atoms with Crippen LogP contribution in [0.5, 0.6) is 0 Å². The number of thiazole rings is 1. The maximum Gasteiger partial charge on any atom is 0.263 e. The summed E-state index contributed by atoms with van der Waals surface area (Å²) in [6, 6.07) is 0.313. The number of aryl methyl sites for hydroxylation is 1. The molecule has 2 aliphatic carbocycles. The molecule has 2 N–H and O–H groups in total. The lowest BCUT2D eigenvalue weighted by Crippen LogP contribution is -2.51. The first kappa shape index (κ1) is 19.3. The summed E-state index contributed by atoms with van der Waals surface area (Å²) >= 11 is 1.36. The Bertz CT molecular complexity index is 629. The summed E-state index contributed by atoms with van der Waals surface area (Å²) in [4.78, 5) is 29.9. The normalized spacial score (nSPS) is 26.2. The summed E-state index contributed by atoms with van der Waals surface area (Å²) in [6.07, 6.45) is 6.44. The van der Waals surface area contributed by atoms with Crippen molar-refractivity contribution in [3.63, 3.8) is 0 Å². The Balaban J connectivity index is 1.59. The molecule has 2 saturated carbocycles. The van der Waals surface area contributed by atoms with Gasteiger partial charge in [0.2, 0.25) is 5.91 Å². The van der Waals surface area contributed by atoms with Crippen LogP contribution >= 0.6 is 11.3 Å². The van der Waals surface area contributed by atoms with E-state index < -0.39 is 0 Å². The lowest BCUT2D eigenvalue weighted by Gasteiger charge is -2.37. The number of hydrogen-bond donors (Lipinski definition) is 2. The van der Waals surface area contributed by atoms with Gasteiger partial charge in [-0.1, -0.05) is 6.92 Å². The Kier molecular flexibility index (Phi) is 6.64. The number of carbonyl (C=O) groups excluding carboxylic acids is 2. The minimum absolute atomic E-state index is 0.0178. The van der Waals surface area contributed by atoms with Crippen molar-refractivity contribution in [2.24, 2.45) is 5.92 Å². The van der Waals surface area contributed by atoms with E-state index in [1.807, 2.05) is 6.92 Å². The second-order valence-electron chi connectivity index (χ2n) is 7.40. The third-order valence-corrected chi connectivity index (χ3v) is 6.35. The molecule has 2 fully saturated rings. The molecule has 0 aromatic carbocycles. The molecule has 0 aliphatic heterocycles. The zero-order valence-electron chi connectivity index (χ0n) is 15.6. The number of ether oxygens (including phenoxy) is 1. The van der Waals surface area contributed by atoms with Crippen LogP contribution in [0.15, 0.2) is 5.51 Å². The average Bonchev–Trinajstić information content (AvgIpc) is 3.03. The summed E-state index contributed by atoms with van der Waals surface area (Å²) in [5.74, 6) is 0.0519. The molecule has 144 valence electrons. The lowest BCUT2D eigenvalue weighted by atomic mass is 9.82. The van der Waals surface area contributed by atoms with Crippen LogP contribution in [0.3, 0.4) is 0 Å². The van der Waals surface area contributed by atoms with Crippen LogP contribution in [0.4, 0.5) is 0 Å². The van der Waals surface area contributed by atoms with Gasteiger partial charge in [0.1, 0.15) is 4.88 Å². The Morgan fingerprint density at radius 2 is 2.08 bits per heavy atom. The van der Waals surface area contributed by atoms with E-state index in [-0.39, 0.29) is 29.9 Å². The van der Waals surface area contributed by atoms with Gasteiger partial charge in [-0.05, 0) is 51.9 Å². The smallest absolute Gasteiger partial charge is 0.263 e. The fraction of sp³-hybridized carbons (Fsp3) is 0.737. The molecule has 0 bridgehead atoms. The Labute approximate surface area is 159 Å². The van der Waals surface area contributed by atoms with Gasteiger partial charge in [-0.25, -0.2) is 4.98 Å². The molecule has 6 nitrogen and oxygen atoms in total. The molecule has 1 aromatic heterocycles. The van der Waals surface area contributed by atoms with Gasteiger partial charge < -0.3 is 15.4 Å². The molecule has 3 rings (SSSR count). The van der Waals surface area contributed by atoms with Gasteiger partial charge >= 0.3 is 0 Å². The topological polar surface area (TPSA) is 80.3 Å². The molecule has 0 spiro atoms. The summed E-state index contributed by atoms with van der Waals surface area (Å²) < 4.78 is 6.01. The van der Waals surface area contributed by atoms with Gasteiger partial charge in [-0.2, -0.15) is 0 Å². The Morgan fingerprint density at radius 1 is 1.27 bits per heavy atom. The zero-order valence-corrected chi connectivity index (χ0v) is 16.4. The van der Waals surface area contributed by atoms with Crippen molar-refractivity contribution in [1.82, 2.24) is 15.6 Å². The van der Waals surface area contributed by atoms with E-state index in [2.05, 4.69) is 22.5 Å². The summed E-state index contributed by atoms with van der Waals surface area (Å²) in [5.41, 5.74) is 2.45. The van der Waals surface area contributed by atoms with Crippen LogP contribution in [-0.4, -0.2) is 41.6 Å². The molecule has 1 heterocycles. The van der Waals surface area contributed by atoms with Crippen molar-refractivity contribution in [2.45, 2.75) is 77.0 Å². The monoisotopic (exact) mass is 379 g/mol. The van der Waals surface area contributed by atoms with Crippen molar-refractivity contribution in [1.29, 1.82) is 0 Å². The van der Waals surface area contributed by atoms with E-state index in [9.17, 15) is 9.59 Å². The molecule has 26 heavy (non-hydrogen) atoms. The lowest BCUT2D eigenvalue weighted by molar-refractivity contribution is -0.129. The van der Waals surface area contributed by atoms with E-state index in [1.54, 1.807) is 5.51 Å². The minimum atomic E-state index is -0.113. The van der Waals surface area contributed by atoms with Crippen molar-refractivity contribution in [3.05, 3.63) is 16.1 Å². The maximum atomic E-state index is 12.5. The predicted molar refractivity (Wildman–Crippen MR) is 101 cm³/mol. The first-order valence-corrected chi connectivity index (χ1v) is 10.6. The highest BCUT2D eigenvalue weighted by atomic mass is 32.1. The Morgan fingerprint density at radius 3 is 2.69 bits per heavy atom. The number of aromatic nitrogens is 1. The van der Waals surface area contributed by atoms with Crippen molar-refractivity contribution in [3.8, 4) is 0 Å². The number of carbonyl (C=O) groups is 2. The van der Waals surface area contributed by atoms with Gasteiger partial charge in [-0.3, -0.25) is 9.59 Å². The summed E-state index contributed by atoms with van der Waals surface area (Å²) in [5, 5.41) is 6.28. The van der Waals surface area contributed by atoms with Gasteiger partial charge in [0.25, 0.3) is 5.91 Å². The van der Waals surface area contributed by atoms with Crippen molar-refractivity contribution in [2.75, 3.05) is 6.61 Å². The standard InChI is InChI=1S/C19H29N3O3S/c1-3-9-25-16-10-13(18(23)21-14-5-4-6-14)7-8-15(16)22-19(24)17-12(2)20-11-26-17/h11,13-16H,3-10H2,1-2H3,(H,21,23)(H,22,24)/t13-,15+,16+/m0/s1. The first-order valence-electron chi connectivity index (χ1n) is 9.71. The van der Waals surface area contributed by atoms with Crippen LogP contribution in [0.2, 0.25) is 0 Å². The molecule has 0 unspecified atom stereocenters. The molecular formula is C19H29N3O3S. The largest absolute Gasteiger partial charge is 0.376 e. The molecule has 1 aromatic rings. The van der Waals surface area contributed by atoms with Crippen molar-refractivity contribution < 1.29 is 14.3 Å². The van der Waals surface area contributed by atoms with E-state index in [0.29, 0.717) is 23.9 Å². The molecule has 2 amide bonds. The van der Waals surface area contributed by atoms with Crippen LogP contribution in [0.1, 0.15) is 67.2 Å². The number of nitrogens with one attached hydrogen (secondary N) is 2. The van der Waals surface area contributed by atoms with Crippen LogP contribution in [0, 0.1) is 12.8 Å². The molecule has 2 aliphatic rings. The zero-order chi connectivity index (χ0) is 18.5. The van der Waals surface area contributed by atoms with Gasteiger partial charge in [0, 0.05) is 18.6 Å². The average molecular weight is 380 g/mol. The van der Waals surface area contributed by atoms with E-state index >= 15 is 0 Å². The molecule has 0 radical (unpaired) electrons. The van der Waals surface area contributed by atoms with E-state index in [0.717, 1.165) is 37.8 Å². The summed E-state index contributed by atoms with van der Waals surface area (Å²) in [6.45, 7) is 4.56. The Hall–Kier alpha value is -1.47. The fourth-order valence-corrected chi connectivity index (χ4v) is 4.32.